The van der Waals surface area contributed by atoms with Gasteiger partial charge in [0.25, 0.3) is 0 Å². The number of nitrogens with zero attached hydrogens (tertiary/aromatic N) is 2. The Balaban J connectivity index is 0.000000236. The average Bonchev–Trinajstić information content (AvgIpc) is 3.20. The number of aliphatic hydroxyl groups excluding tert-OH is 1. The van der Waals surface area contributed by atoms with Crippen LogP contribution in [0.1, 0.15) is 31.9 Å². The zero-order valence-corrected chi connectivity index (χ0v) is 17.3. The molecule has 1 aromatic carbocycles. The van der Waals surface area contributed by atoms with Crippen molar-refractivity contribution in [1.29, 1.82) is 0 Å². The molecule has 1 aromatic heterocycles. The van der Waals surface area contributed by atoms with Crippen molar-refractivity contribution in [2.75, 3.05) is 19.8 Å². The minimum Gasteiger partial charge on any atom is -0.396 e. The van der Waals surface area contributed by atoms with Gasteiger partial charge in [0.2, 0.25) is 0 Å². The van der Waals surface area contributed by atoms with Gasteiger partial charge in [-0.1, -0.05) is 35.5 Å². The maximum absolute atomic E-state index is 12.6. The Bertz CT molecular complexity index is 785. The van der Waals surface area contributed by atoms with Gasteiger partial charge in [0.05, 0.1) is 12.8 Å². The van der Waals surface area contributed by atoms with Crippen LogP contribution >= 0.6 is 0 Å². The fourth-order valence-electron chi connectivity index (χ4n) is 2.20. The predicted octanol–water partition coefficient (Wildman–Crippen LogP) is 4.93. The van der Waals surface area contributed by atoms with Crippen LogP contribution in [0.5, 0.6) is 0 Å². The lowest BCUT2D eigenvalue weighted by molar-refractivity contribution is -0.233. The van der Waals surface area contributed by atoms with Crippen LogP contribution < -0.4 is 0 Å². The van der Waals surface area contributed by atoms with Gasteiger partial charge < -0.3 is 14.5 Å². The maximum atomic E-state index is 12.6. The van der Waals surface area contributed by atoms with Crippen LogP contribution in [0.15, 0.2) is 63.8 Å². The van der Waals surface area contributed by atoms with Gasteiger partial charge in [0.1, 0.15) is 30.5 Å². The summed E-state index contributed by atoms with van der Waals surface area (Å²) in [5.74, 6) is 0.503. The molecule has 1 aliphatic carbocycles. The van der Waals surface area contributed by atoms with E-state index in [0.717, 1.165) is 41.9 Å². The van der Waals surface area contributed by atoms with E-state index in [9.17, 15) is 4.39 Å². The number of benzene rings is 1. The molecule has 0 spiro atoms. The quantitative estimate of drug-likeness (QED) is 0.285. The molecule has 0 amide bonds. The fraction of sp³-hybridized carbons (Fsp3) is 0.364. The molecule has 30 heavy (non-hydrogen) atoms. The summed E-state index contributed by atoms with van der Waals surface area (Å²) in [5.41, 5.74) is 2.65. The van der Waals surface area contributed by atoms with Crippen LogP contribution in [0.4, 0.5) is 4.39 Å². The summed E-state index contributed by atoms with van der Waals surface area (Å²) in [6, 6.07) is 7.96. The van der Waals surface area contributed by atoms with Crippen LogP contribution in [0, 0.1) is 12.7 Å². The molecule has 1 heterocycles. The molecule has 1 aliphatic rings. The molecule has 0 atom stereocenters. The van der Waals surface area contributed by atoms with E-state index in [1.165, 1.54) is 18.3 Å². The van der Waals surface area contributed by atoms with Gasteiger partial charge >= 0.3 is 0 Å². The summed E-state index contributed by atoms with van der Waals surface area (Å²) in [7, 11) is 0. The molecule has 7 nitrogen and oxygen atoms in total. The second kappa shape index (κ2) is 16.0. The second-order valence-electron chi connectivity index (χ2n) is 6.17. The molecule has 0 radical (unpaired) electrons. The topological polar surface area (TPSA) is 97.3 Å². The molecule has 0 saturated carbocycles. The Hall–Kier alpha value is -2.81. The molecule has 0 saturated heterocycles. The van der Waals surface area contributed by atoms with Gasteiger partial charge in [0.15, 0.2) is 0 Å². The monoisotopic (exact) mass is 420 g/mol. The normalized spacial score (nSPS) is 12.5. The standard InChI is InChI=1S/C10H8FNO.C7H10O2.C5H11NO2/c1-7-6-10(12-13-7)8-2-4-9(11)5-3-8;8-9-6-7-4-2-1-3-5-7;1-2-5-8-6-3-4-7/h2-6H,1H3;2,4-5,8H,1,3,6H2;3,7H,2,4-5H2,1H3/b;;6-3-. The first kappa shape index (κ1) is 25.2. The molecule has 8 heteroatoms. The first-order chi connectivity index (χ1) is 14.6. The molecule has 0 fully saturated rings. The molecule has 164 valence electrons. The molecule has 2 N–H and O–H groups in total. The Kier molecular flexibility index (Phi) is 13.5. The summed E-state index contributed by atoms with van der Waals surface area (Å²) in [6.07, 6.45) is 10.5. The van der Waals surface area contributed by atoms with Gasteiger partial charge in [-0.25, -0.2) is 9.28 Å². The average molecular weight is 420 g/mol. The second-order valence-corrected chi connectivity index (χ2v) is 6.17. The SMILES string of the molecule is CCCO/N=C\CO.Cc1cc(-c2ccc(F)cc2)no1.OOCC1=CCCC=C1. The highest BCUT2D eigenvalue weighted by molar-refractivity contribution is 5.58. The largest absolute Gasteiger partial charge is 0.396 e. The summed E-state index contributed by atoms with van der Waals surface area (Å²) in [6.45, 7) is 4.70. The minimum absolute atomic E-state index is 0.0519. The van der Waals surface area contributed by atoms with Crippen molar-refractivity contribution in [2.24, 2.45) is 5.16 Å². The van der Waals surface area contributed by atoms with E-state index in [1.54, 1.807) is 12.1 Å². The van der Waals surface area contributed by atoms with E-state index in [1.807, 2.05) is 26.0 Å². The van der Waals surface area contributed by atoms with Crippen molar-refractivity contribution in [2.45, 2.75) is 33.1 Å². The summed E-state index contributed by atoms with van der Waals surface area (Å²) < 4.78 is 17.5. The lowest BCUT2D eigenvalue weighted by atomic mass is 10.1. The zero-order chi connectivity index (χ0) is 22.0. The smallest absolute Gasteiger partial charge is 0.134 e. The molecular formula is C22H29FN2O5. The van der Waals surface area contributed by atoms with E-state index in [2.05, 4.69) is 32.2 Å². The number of hydrogen-bond acceptors (Lipinski definition) is 7. The summed E-state index contributed by atoms with van der Waals surface area (Å²) in [5, 5.41) is 23.4. The Morgan fingerprint density at radius 3 is 2.57 bits per heavy atom. The molecule has 0 unspecified atom stereocenters. The number of rotatable bonds is 7. The maximum Gasteiger partial charge on any atom is 0.134 e. The fourth-order valence-corrected chi connectivity index (χ4v) is 2.20. The number of aliphatic hydroxyl groups is 1. The first-order valence-corrected chi connectivity index (χ1v) is 9.66. The van der Waals surface area contributed by atoms with Crippen molar-refractivity contribution in [3.8, 4) is 11.3 Å². The van der Waals surface area contributed by atoms with Crippen molar-refractivity contribution < 1.29 is 29.0 Å². The number of allylic oxidation sites excluding steroid dienone is 2. The number of aryl methyl sites for hydroxylation is 1. The van der Waals surface area contributed by atoms with Gasteiger partial charge in [0, 0.05) is 11.6 Å². The molecular weight excluding hydrogens is 391 g/mol. The Morgan fingerprint density at radius 1 is 1.27 bits per heavy atom. The number of hydrogen-bond donors (Lipinski definition) is 2. The van der Waals surface area contributed by atoms with Gasteiger partial charge in [-0.3, -0.25) is 5.26 Å². The highest BCUT2D eigenvalue weighted by Crippen LogP contribution is 2.18. The van der Waals surface area contributed by atoms with Gasteiger partial charge in [-0.05, 0) is 56.0 Å². The number of oxime groups is 1. The van der Waals surface area contributed by atoms with E-state index < -0.39 is 0 Å². The summed E-state index contributed by atoms with van der Waals surface area (Å²) >= 11 is 0. The molecule has 0 aliphatic heterocycles. The predicted molar refractivity (Wildman–Crippen MR) is 113 cm³/mol. The van der Waals surface area contributed by atoms with Crippen molar-refractivity contribution in [3.63, 3.8) is 0 Å². The molecule has 3 rings (SSSR count). The first-order valence-electron chi connectivity index (χ1n) is 9.66. The third kappa shape index (κ3) is 11.3. The van der Waals surface area contributed by atoms with Crippen LogP contribution in [0.3, 0.4) is 0 Å². The van der Waals surface area contributed by atoms with Gasteiger partial charge in [-0.15, -0.1) is 0 Å². The third-order valence-corrected chi connectivity index (χ3v) is 3.60. The summed E-state index contributed by atoms with van der Waals surface area (Å²) in [4.78, 5) is 8.59. The number of halogens is 1. The van der Waals surface area contributed by atoms with E-state index in [0.29, 0.717) is 13.2 Å². The minimum atomic E-state index is -0.246. The molecule has 2 aromatic rings. The van der Waals surface area contributed by atoms with Crippen LogP contribution in [0.2, 0.25) is 0 Å². The highest BCUT2D eigenvalue weighted by Gasteiger charge is 2.02. The van der Waals surface area contributed by atoms with E-state index in [-0.39, 0.29) is 12.4 Å². The zero-order valence-electron chi connectivity index (χ0n) is 17.3. The Labute approximate surface area is 176 Å². The third-order valence-electron chi connectivity index (χ3n) is 3.60. The van der Waals surface area contributed by atoms with Crippen LogP contribution in [0.25, 0.3) is 11.3 Å². The molecule has 0 bridgehead atoms. The lowest BCUT2D eigenvalue weighted by Gasteiger charge is -2.02. The van der Waals surface area contributed by atoms with Crippen LogP contribution in [-0.4, -0.2) is 41.6 Å². The lowest BCUT2D eigenvalue weighted by Crippen LogP contribution is -1.93. The van der Waals surface area contributed by atoms with Crippen molar-refractivity contribution in [1.82, 2.24) is 5.16 Å². The van der Waals surface area contributed by atoms with Crippen LogP contribution in [-0.2, 0) is 9.73 Å². The number of aromatic nitrogens is 1. The van der Waals surface area contributed by atoms with Crippen molar-refractivity contribution >= 4 is 6.21 Å². The Morgan fingerprint density at radius 2 is 2.03 bits per heavy atom. The van der Waals surface area contributed by atoms with Crippen molar-refractivity contribution in [3.05, 3.63) is 65.7 Å². The van der Waals surface area contributed by atoms with E-state index >= 15 is 0 Å². The van der Waals surface area contributed by atoms with Gasteiger partial charge in [-0.2, -0.15) is 0 Å². The highest BCUT2D eigenvalue weighted by atomic mass is 19.1. The van der Waals surface area contributed by atoms with E-state index in [4.69, 9.17) is 14.9 Å².